The number of fused-ring (bicyclic) bond motifs is 1. The number of nitrogens with zero attached hydrogens (tertiary/aromatic N) is 1. The summed E-state index contributed by atoms with van der Waals surface area (Å²) in [4.78, 5) is 27.6. The fourth-order valence-electron chi connectivity index (χ4n) is 1.61. The highest BCUT2D eigenvalue weighted by atomic mass is 32.1. The van der Waals surface area contributed by atoms with Crippen molar-refractivity contribution < 1.29 is 9.59 Å². The number of pyridine rings is 1. The van der Waals surface area contributed by atoms with Crippen LogP contribution in [0.25, 0.3) is 10.2 Å². The molecule has 0 saturated carbocycles. The third-order valence-electron chi connectivity index (χ3n) is 2.61. The van der Waals surface area contributed by atoms with Gasteiger partial charge in [0.25, 0.3) is 5.91 Å². The summed E-state index contributed by atoms with van der Waals surface area (Å²) < 4.78 is 0.872. The van der Waals surface area contributed by atoms with Gasteiger partial charge in [-0.1, -0.05) is 0 Å². The molecule has 2 rings (SSSR count). The van der Waals surface area contributed by atoms with Gasteiger partial charge in [-0.15, -0.1) is 11.3 Å². The second-order valence-corrected chi connectivity index (χ2v) is 4.93. The van der Waals surface area contributed by atoms with Crippen molar-refractivity contribution in [1.29, 1.82) is 0 Å². The monoisotopic (exact) mass is 278 g/mol. The van der Waals surface area contributed by atoms with Crippen LogP contribution >= 0.6 is 11.3 Å². The number of hydrogen-bond donors (Lipinski definition) is 3. The van der Waals surface area contributed by atoms with Crippen molar-refractivity contribution in [3.63, 3.8) is 0 Å². The van der Waals surface area contributed by atoms with Crippen LogP contribution in [-0.4, -0.2) is 30.4 Å². The van der Waals surface area contributed by atoms with Crippen LogP contribution in [0.4, 0.5) is 5.69 Å². The van der Waals surface area contributed by atoms with E-state index in [0.29, 0.717) is 16.1 Å². The fraction of sp³-hybridized carbons (Fsp3) is 0.250. The molecule has 0 bridgehead atoms. The van der Waals surface area contributed by atoms with Gasteiger partial charge in [-0.05, 0) is 12.1 Å². The molecule has 2 aromatic heterocycles. The van der Waals surface area contributed by atoms with Gasteiger partial charge in [0.15, 0.2) is 0 Å². The van der Waals surface area contributed by atoms with Gasteiger partial charge in [0, 0.05) is 26.2 Å². The normalized spacial score (nSPS) is 10.4. The van der Waals surface area contributed by atoms with Gasteiger partial charge in [-0.25, -0.2) is 0 Å². The Balaban J connectivity index is 2.09. The first-order chi connectivity index (χ1) is 9.13. The average Bonchev–Trinajstić information content (AvgIpc) is 2.76. The molecular formula is C12H14N4O2S. The van der Waals surface area contributed by atoms with E-state index in [-0.39, 0.29) is 24.8 Å². The van der Waals surface area contributed by atoms with Gasteiger partial charge >= 0.3 is 0 Å². The zero-order valence-corrected chi connectivity index (χ0v) is 11.2. The molecule has 4 N–H and O–H groups in total. The maximum absolute atomic E-state index is 12.0. The maximum atomic E-state index is 12.0. The van der Waals surface area contributed by atoms with Crippen molar-refractivity contribution in [2.45, 2.75) is 6.42 Å². The van der Waals surface area contributed by atoms with Crippen molar-refractivity contribution >= 4 is 39.1 Å². The molecule has 0 radical (unpaired) electrons. The molecule has 2 aromatic rings. The van der Waals surface area contributed by atoms with E-state index >= 15 is 0 Å². The molecule has 19 heavy (non-hydrogen) atoms. The molecule has 6 nitrogen and oxygen atoms in total. The van der Waals surface area contributed by atoms with E-state index in [1.165, 1.54) is 11.3 Å². The van der Waals surface area contributed by atoms with Gasteiger partial charge in [0.05, 0.1) is 10.4 Å². The van der Waals surface area contributed by atoms with E-state index in [0.717, 1.165) is 4.70 Å². The molecule has 2 amide bonds. The van der Waals surface area contributed by atoms with E-state index < -0.39 is 0 Å². The second-order valence-electron chi connectivity index (χ2n) is 3.87. The first-order valence-electron chi connectivity index (χ1n) is 5.75. The molecule has 0 aliphatic carbocycles. The standard InChI is InChI=1S/C12H14N4O2S/c1-14-8(17)4-6-16-12(18)11-9(13)10-7(19-11)3-2-5-15-10/h2-3,5H,4,6,13H2,1H3,(H,14,17)(H,16,18). The van der Waals surface area contributed by atoms with E-state index in [4.69, 9.17) is 5.73 Å². The van der Waals surface area contributed by atoms with Gasteiger partial charge < -0.3 is 16.4 Å². The number of carbonyl (C=O) groups is 2. The summed E-state index contributed by atoms with van der Waals surface area (Å²) in [7, 11) is 1.56. The Kier molecular flexibility index (Phi) is 3.96. The molecule has 7 heteroatoms. The lowest BCUT2D eigenvalue weighted by atomic mass is 10.3. The quantitative estimate of drug-likeness (QED) is 0.768. The van der Waals surface area contributed by atoms with Crippen LogP contribution in [0.2, 0.25) is 0 Å². The van der Waals surface area contributed by atoms with E-state index in [9.17, 15) is 9.59 Å². The summed E-state index contributed by atoms with van der Waals surface area (Å²) >= 11 is 1.30. The van der Waals surface area contributed by atoms with Crippen molar-refractivity contribution in [3.05, 3.63) is 23.2 Å². The Morgan fingerprint density at radius 1 is 1.47 bits per heavy atom. The lowest BCUT2D eigenvalue weighted by Crippen LogP contribution is -2.29. The molecular weight excluding hydrogens is 264 g/mol. The third kappa shape index (κ3) is 2.82. The van der Waals surface area contributed by atoms with Gasteiger partial charge in [0.2, 0.25) is 5.91 Å². The van der Waals surface area contributed by atoms with E-state index in [1.54, 1.807) is 19.3 Å². The number of amides is 2. The van der Waals surface area contributed by atoms with Crippen LogP contribution in [0.3, 0.4) is 0 Å². The first kappa shape index (κ1) is 13.3. The number of thiophene rings is 1. The maximum Gasteiger partial charge on any atom is 0.263 e. The van der Waals surface area contributed by atoms with Crippen molar-refractivity contribution in [1.82, 2.24) is 15.6 Å². The largest absolute Gasteiger partial charge is 0.396 e. The van der Waals surface area contributed by atoms with Crippen LogP contribution in [-0.2, 0) is 4.79 Å². The van der Waals surface area contributed by atoms with Crippen LogP contribution in [0.15, 0.2) is 18.3 Å². The molecule has 0 atom stereocenters. The molecule has 0 saturated heterocycles. The van der Waals surface area contributed by atoms with Crippen LogP contribution in [0.5, 0.6) is 0 Å². The number of nitrogen functional groups attached to an aromatic ring is 1. The molecule has 0 unspecified atom stereocenters. The third-order valence-corrected chi connectivity index (χ3v) is 3.76. The highest BCUT2D eigenvalue weighted by Crippen LogP contribution is 2.31. The minimum absolute atomic E-state index is 0.119. The van der Waals surface area contributed by atoms with Crippen molar-refractivity contribution in [3.8, 4) is 0 Å². The number of anilines is 1. The van der Waals surface area contributed by atoms with Gasteiger partial charge in [-0.2, -0.15) is 0 Å². The number of nitrogens with two attached hydrogens (primary N) is 1. The highest BCUT2D eigenvalue weighted by molar-refractivity contribution is 7.21. The molecule has 0 spiro atoms. The SMILES string of the molecule is CNC(=O)CCNC(=O)c1sc2cccnc2c1N. The molecule has 100 valence electrons. The Morgan fingerprint density at radius 2 is 2.26 bits per heavy atom. The summed E-state index contributed by atoms with van der Waals surface area (Å²) in [6, 6.07) is 3.66. The highest BCUT2D eigenvalue weighted by Gasteiger charge is 2.16. The number of carbonyl (C=O) groups excluding carboxylic acids is 2. The van der Waals surface area contributed by atoms with Crippen LogP contribution < -0.4 is 16.4 Å². The topological polar surface area (TPSA) is 97.1 Å². The number of rotatable bonds is 4. The number of nitrogens with one attached hydrogen (secondary N) is 2. The van der Waals surface area contributed by atoms with Gasteiger partial charge in [-0.3, -0.25) is 14.6 Å². The zero-order valence-electron chi connectivity index (χ0n) is 10.4. The molecule has 0 fully saturated rings. The average molecular weight is 278 g/mol. The van der Waals surface area contributed by atoms with Crippen LogP contribution in [0, 0.1) is 0 Å². The lowest BCUT2D eigenvalue weighted by Gasteiger charge is -2.03. The zero-order chi connectivity index (χ0) is 13.8. The van der Waals surface area contributed by atoms with Crippen molar-refractivity contribution in [2.24, 2.45) is 0 Å². The number of aromatic nitrogens is 1. The Bertz CT molecular complexity index is 623. The summed E-state index contributed by atoms with van der Waals surface area (Å²) in [5.41, 5.74) is 6.94. The number of hydrogen-bond acceptors (Lipinski definition) is 5. The molecule has 0 aliphatic rings. The van der Waals surface area contributed by atoms with Crippen LogP contribution in [0.1, 0.15) is 16.1 Å². The van der Waals surface area contributed by atoms with E-state index in [2.05, 4.69) is 15.6 Å². The Hall–Kier alpha value is -2.15. The Morgan fingerprint density at radius 3 is 2.95 bits per heavy atom. The summed E-state index contributed by atoms with van der Waals surface area (Å²) in [6.07, 6.45) is 1.88. The fourth-order valence-corrected chi connectivity index (χ4v) is 2.61. The lowest BCUT2D eigenvalue weighted by molar-refractivity contribution is -0.120. The molecule has 0 aliphatic heterocycles. The van der Waals surface area contributed by atoms with Crippen molar-refractivity contribution in [2.75, 3.05) is 19.3 Å². The predicted molar refractivity (Wildman–Crippen MR) is 75.0 cm³/mol. The summed E-state index contributed by atoms with van der Waals surface area (Å²) in [5.74, 6) is -0.393. The predicted octanol–water partition coefficient (Wildman–Crippen LogP) is 0.744. The Labute approximate surface area is 114 Å². The second kappa shape index (κ2) is 5.66. The molecule has 2 heterocycles. The summed E-state index contributed by atoms with van der Waals surface area (Å²) in [5, 5.41) is 5.16. The minimum atomic E-state index is -0.274. The first-order valence-corrected chi connectivity index (χ1v) is 6.57. The van der Waals surface area contributed by atoms with E-state index in [1.807, 2.05) is 6.07 Å². The smallest absolute Gasteiger partial charge is 0.263 e. The summed E-state index contributed by atoms with van der Waals surface area (Å²) in [6.45, 7) is 0.277. The minimum Gasteiger partial charge on any atom is -0.396 e. The van der Waals surface area contributed by atoms with Gasteiger partial charge in [0.1, 0.15) is 10.4 Å². The molecule has 0 aromatic carbocycles.